The normalized spacial score (nSPS) is 18.2. The zero-order valence-corrected chi connectivity index (χ0v) is 19.5. The van der Waals surface area contributed by atoms with Crippen LogP contribution >= 0.6 is 0 Å². The van der Waals surface area contributed by atoms with Crippen LogP contribution in [0.4, 0.5) is 11.4 Å². The van der Waals surface area contributed by atoms with E-state index in [0.29, 0.717) is 29.5 Å². The van der Waals surface area contributed by atoms with Crippen molar-refractivity contribution < 1.29 is 24.0 Å². The van der Waals surface area contributed by atoms with Crippen molar-refractivity contribution in [2.24, 2.45) is 0 Å². The van der Waals surface area contributed by atoms with Gasteiger partial charge >= 0.3 is 5.97 Å². The highest BCUT2D eigenvalue weighted by atomic mass is 16.5. The molecule has 1 saturated heterocycles. The molecule has 174 valence electrons. The Morgan fingerprint density at radius 2 is 2.03 bits per heavy atom. The molecule has 2 heterocycles. The molecular weight excluding hydrogens is 420 g/mol. The van der Waals surface area contributed by atoms with Gasteiger partial charge in [-0.25, -0.2) is 4.79 Å². The highest BCUT2D eigenvalue weighted by molar-refractivity contribution is 6.11. The average Bonchev–Trinajstić information content (AvgIpc) is 3.15. The maximum absolute atomic E-state index is 13.0. The maximum atomic E-state index is 13.0. The number of nitrogens with zero attached hydrogens (tertiary/aromatic N) is 1. The topological polar surface area (TPSA) is 88.1 Å². The lowest BCUT2D eigenvalue weighted by atomic mass is 10.1. The van der Waals surface area contributed by atoms with E-state index in [2.05, 4.69) is 53.3 Å². The number of anilines is 2. The predicted octanol–water partition coefficient (Wildman–Crippen LogP) is 2.00. The molecule has 8 nitrogen and oxygen atoms in total. The summed E-state index contributed by atoms with van der Waals surface area (Å²) in [6, 6.07) is 14.2. The fourth-order valence-corrected chi connectivity index (χ4v) is 4.58. The molecule has 1 aliphatic heterocycles. The zero-order valence-electron chi connectivity index (χ0n) is 19.5. The van der Waals surface area contributed by atoms with Crippen LogP contribution in [0.3, 0.4) is 0 Å². The van der Waals surface area contributed by atoms with E-state index in [1.807, 2.05) is 6.07 Å². The van der Waals surface area contributed by atoms with E-state index in [-0.39, 0.29) is 11.6 Å². The zero-order chi connectivity index (χ0) is 23.5. The van der Waals surface area contributed by atoms with Gasteiger partial charge in [0.25, 0.3) is 5.91 Å². The number of quaternary nitrogens is 1. The molecular formula is C25H31N4O4+. The summed E-state index contributed by atoms with van der Waals surface area (Å²) in [5.74, 6) is -0.0146. The van der Waals surface area contributed by atoms with Crippen molar-refractivity contribution in [3.63, 3.8) is 0 Å². The number of benzene rings is 2. The maximum Gasteiger partial charge on any atom is 0.356 e. The van der Waals surface area contributed by atoms with E-state index in [0.717, 1.165) is 25.0 Å². The summed E-state index contributed by atoms with van der Waals surface area (Å²) in [7, 11) is 2.90. The number of rotatable bonds is 6. The number of ether oxygens (including phenoxy) is 2. The van der Waals surface area contributed by atoms with Crippen LogP contribution in [0.15, 0.2) is 42.5 Å². The first-order valence-corrected chi connectivity index (χ1v) is 11.1. The first kappa shape index (κ1) is 22.7. The van der Waals surface area contributed by atoms with Crippen LogP contribution in [0.5, 0.6) is 5.75 Å². The van der Waals surface area contributed by atoms with Gasteiger partial charge in [0.2, 0.25) is 0 Å². The molecule has 1 aromatic heterocycles. The number of piperazine rings is 1. The molecule has 2 atom stereocenters. The van der Waals surface area contributed by atoms with Gasteiger partial charge in [-0.1, -0.05) is 12.1 Å². The van der Waals surface area contributed by atoms with Crippen molar-refractivity contribution in [3.8, 4) is 5.75 Å². The van der Waals surface area contributed by atoms with Crippen LogP contribution in [-0.4, -0.2) is 63.3 Å². The monoisotopic (exact) mass is 451 g/mol. The molecule has 0 bridgehead atoms. The Bertz CT molecular complexity index is 1170. The summed E-state index contributed by atoms with van der Waals surface area (Å²) in [6.45, 7) is 7.23. The highest BCUT2D eigenvalue weighted by Gasteiger charge is 2.29. The SMILES string of the molecule is COC(=O)c1[nH]c2cc(OC)ccc2c1NC(=O)C[NH+]1CCN(c2cccc(C)c2)[C@@H](C)C1. The third kappa shape index (κ3) is 4.80. The first-order valence-electron chi connectivity index (χ1n) is 11.1. The van der Waals surface area contributed by atoms with Crippen LogP contribution < -0.4 is 19.9 Å². The van der Waals surface area contributed by atoms with Crippen molar-refractivity contribution in [1.29, 1.82) is 0 Å². The minimum Gasteiger partial charge on any atom is -0.497 e. The molecule has 8 heteroatoms. The van der Waals surface area contributed by atoms with Crippen LogP contribution in [0.1, 0.15) is 23.0 Å². The molecule has 2 aromatic carbocycles. The molecule has 0 saturated carbocycles. The number of aryl methyl sites for hydroxylation is 1. The number of aromatic nitrogens is 1. The molecule has 0 radical (unpaired) electrons. The Morgan fingerprint density at radius 1 is 1.21 bits per heavy atom. The molecule has 0 aliphatic carbocycles. The molecule has 1 amide bonds. The predicted molar refractivity (Wildman–Crippen MR) is 128 cm³/mol. The van der Waals surface area contributed by atoms with Gasteiger partial charge in [0.15, 0.2) is 6.54 Å². The lowest BCUT2D eigenvalue weighted by molar-refractivity contribution is -0.894. The fourth-order valence-electron chi connectivity index (χ4n) is 4.58. The number of amides is 1. The van der Waals surface area contributed by atoms with E-state index < -0.39 is 5.97 Å². The largest absolute Gasteiger partial charge is 0.497 e. The number of esters is 1. The third-order valence-electron chi connectivity index (χ3n) is 6.23. The van der Waals surface area contributed by atoms with E-state index in [1.54, 1.807) is 19.2 Å². The van der Waals surface area contributed by atoms with E-state index in [4.69, 9.17) is 9.47 Å². The second-order valence-corrected chi connectivity index (χ2v) is 8.59. The second-order valence-electron chi connectivity index (χ2n) is 8.59. The van der Waals surface area contributed by atoms with Crippen LogP contribution in [-0.2, 0) is 9.53 Å². The van der Waals surface area contributed by atoms with Gasteiger partial charge in [-0.15, -0.1) is 0 Å². The minimum absolute atomic E-state index is 0.136. The van der Waals surface area contributed by atoms with Gasteiger partial charge in [-0.05, 0) is 43.7 Å². The summed E-state index contributed by atoms with van der Waals surface area (Å²) in [6.07, 6.45) is 0. The summed E-state index contributed by atoms with van der Waals surface area (Å²) in [5, 5.41) is 3.69. The van der Waals surface area contributed by atoms with Crippen molar-refractivity contribution in [2.75, 3.05) is 50.6 Å². The summed E-state index contributed by atoms with van der Waals surface area (Å²) < 4.78 is 10.2. The van der Waals surface area contributed by atoms with Gasteiger partial charge in [0, 0.05) is 17.1 Å². The summed E-state index contributed by atoms with van der Waals surface area (Å²) in [5.41, 5.74) is 3.82. The van der Waals surface area contributed by atoms with Gasteiger partial charge in [-0.2, -0.15) is 0 Å². The second kappa shape index (κ2) is 9.54. The number of carbonyl (C=O) groups excluding carboxylic acids is 2. The van der Waals surface area contributed by atoms with Crippen LogP contribution in [0.25, 0.3) is 10.9 Å². The quantitative estimate of drug-likeness (QED) is 0.499. The third-order valence-corrected chi connectivity index (χ3v) is 6.23. The number of fused-ring (bicyclic) bond motifs is 1. The number of methoxy groups -OCH3 is 2. The van der Waals surface area contributed by atoms with Crippen LogP contribution in [0.2, 0.25) is 0 Å². The number of carbonyl (C=O) groups is 2. The fraction of sp³-hybridized carbons (Fsp3) is 0.360. The molecule has 33 heavy (non-hydrogen) atoms. The number of hydrogen-bond donors (Lipinski definition) is 3. The molecule has 0 spiro atoms. The number of aromatic amines is 1. The van der Waals surface area contributed by atoms with Gasteiger partial charge in [-0.3, -0.25) is 4.79 Å². The van der Waals surface area contributed by atoms with Gasteiger partial charge in [0.1, 0.15) is 11.4 Å². The van der Waals surface area contributed by atoms with Gasteiger partial charge in [0.05, 0.1) is 51.1 Å². The Morgan fingerprint density at radius 3 is 2.73 bits per heavy atom. The van der Waals surface area contributed by atoms with Crippen molar-refractivity contribution in [1.82, 2.24) is 4.98 Å². The highest BCUT2D eigenvalue weighted by Crippen LogP contribution is 2.31. The van der Waals surface area contributed by atoms with Gasteiger partial charge < -0.3 is 29.6 Å². The Kier molecular flexibility index (Phi) is 6.55. The van der Waals surface area contributed by atoms with Crippen molar-refractivity contribution in [2.45, 2.75) is 19.9 Å². The summed E-state index contributed by atoms with van der Waals surface area (Å²) >= 11 is 0. The Balaban J connectivity index is 1.46. The van der Waals surface area contributed by atoms with E-state index in [1.165, 1.54) is 23.3 Å². The number of hydrogen-bond acceptors (Lipinski definition) is 5. The molecule has 3 N–H and O–H groups in total. The molecule has 1 unspecified atom stereocenters. The number of H-pyrrole nitrogens is 1. The Labute approximate surface area is 193 Å². The standard InChI is InChI=1S/C25H30N4O4/c1-16-6-5-7-18(12-16)29-11-10-28(14-17(29)2)15-22(30)27-23-20-9-8-19(32-3)13-21(20)26-24(23)25(31)33-4/h5-9,12-13,17,26H,10-11,14-15H2,1-4H3,(H,27,30)/p+1/t17-/m0/s1. The first-order chi connectivity index (χ1) is 15.9. The molecule has 1 aliphatic rings. The van der Waals surface area contributed by atoms with Crippen molar-refractivity contribution in [3.05, 3.63) is 53.7 Å². The number of nitrogens with one attached hydrogen (secondary N) is 3. The minimum atomic E-state index is -0.534. The lowest BCUT2D eigenvalue weighted by Gasteiger charge is -2.38. The Hall–Kier alpha value is -3.52. The van der Waals surface area contributed by atoms with Crippen molar-refractivity contribution >= 4 is 34.2 Å². The molecule has 1 fully saturated rings. The van der Waals surface area contributed by atoms with E-state index >= 15 is 0 Å². The molecule has 3 aromatic rings. The lowest BCUT2D eigenvalue weighted by Crippen LogP contribution is -3.16. The smallest absolute Gasteiger partial charge is 0.356 e. The molecule has 4 rings (SSSR count). The summed E-state index contributed by atoms with van der Waals surface area (Å²) in [4.78, 5) is 32.0. The van der Waals surface area contributed by atoms with E-state index in [9.17, 15) is 9.59 Å². The average molecular weight is 452 g/mol. The van der Waals surface area contributed by atoms with Crippen LogP contribution in [0, 0.1) is 6.92 Å².